The summed E-state index contributed by atoms with van der Waals surface area (Å²) in [6.07, 6.45) is 0. The van der Waals surface area contributed by atoms with E-state index in [1.54, 1.807) is 0 Å². The Kier molecular flexibility index (Phi) is 21.3. The lowest BCUT2D eigenvalue weighted by Crippen LogP contribution is -2.17. The SMILES string of the molecule is Br.Br.CC(CON)CON. The van der Waals surface area contributed by atoms with Crippen LogP contribution in [0.3, 0.4) is 0 Å². The zero-order valence-corrected chi connectivity index (χ0v) is 9.21. The number of hydrogen-bond acceptors (Lipinski definition) is 4. The summed E-state index contributed by atoms with van der Waals surface area (Å²) in [6.45, 7) is 2.90. The van der Waals surface area contributed by atoms with E-state index >= 15 is 0 Å². The van der Waals surface area contributed by atoms with E-state index in [-0.39, 0.29) is 39.9 Å². The molecule has 0 spiro atoms. The van der Waals surface area contributed by atoms with Crippen molar-refractivity contribution in [2.75, 3.05) is 13.2 Å². The molecule has 0 rings (SSSR count). The molecule has 0 aliphatic rings. The lowest BCUT2D eigenvalue weighted by molar-refractivity contribution is 0.0458. The first-order valence-corrected chi connectivity index (χ1v) is 2.44. The molecule has 0 aromatic heterocycles. The van der Waals surface area contributed by atoms with Gasteiger partial charge in [0.25, 0.3) is 0 Å². The minimum atomic E-state index is 0. The van der Waals surface area contributed by atoms with Gasteiger partial charge in [0.05, 0.1) is 13.2 Å². The minimum absolute atomic E-state index is 0. The molecule has 0 amide bonds. The van der Waals surface area contributed by atoms with Crippen molar-refractivity contribution in [1.29, 1.82) is 0 Å². The third kappa shape index (κ3) is 11.6. The summed E-state index contributed by atoms with van der Waals surface area (Å²) >= 11 is 0. The van der Waals surface area contributed by atoms with Crippen LogP contribution >= 0.6 is 34.0 Å². The Bertz CT molecular complexity index is 52.5. The van der Waals surface area contributed by atoms with Crippen LogP contribution in [0.5, 0.6) is 0 Å². The fourth-order valence-corrected chi connectivity index (χ4v) is 0.377. The molecule has 6 heteroatoms. The van der Waals surface area contributed by atoms with Crippen LogP contribution in [0.4, 0.5) is 0 Å². The van der Waals surface area contributed by atoms with E-state index in [4.69, 9.17) is 11.8 Å². The van der Waals surface area contributed by atoms with E-state index in [1.165, 1.54) is 0 Å². The average molecular weight is 282 g/mol. The Morgan fingerprint density at radius 1 is 1.10 bits per heavy atom. The second-order valence-electron chi connectivity index (χ2n) is 1.77. The van der Waals surface area contributed by atoms with Crippen molar-refractivity contribution < 1.29 is 9.68 Å². The van der Waals surface area contributed by atoms with Crippen LogP contribution in [0.15, 0.2) is 0 Å². The highest BCUT2D eigenvalue weighted by molar-refractivity contribution is 8.93. The summed E-state index contributed by atoms with van der Waals surface area (Å²) in [5.41, 5.74) is 0. The van der Waals surface area contributed by atoms with Crippen LogP contribution in [0.25, 0.3) is 0 Å². The first-order chi connectivity index (χ1) is 3.81. The van der Waals surface area contributed by atoms with Gasteiger partial charge in [0.15, 0.2) is 0 Å². The zero-order chi connectivity index (χ0) is 6.41. The van der Waals surface area contributed by atoms with Crippen molar-refractivity contribution in [3.05, 3.63) is 0 Å². The van der Waals surface area contributed by atoms with Crippen LogP contribution in [-0.2, 0) is 9.68 Å². The standard InChI is InChI=1S/C4H12N2O2.2BrH/c1-4(2-7-5)3-8-6;;/h4H,2-3,5-6H2,1H3;2*1H. The second-order valence-corrected chi connectivity index (χ2v) is 1.77. The summed E-state index contributed by atoms with van der Waals surface area (Å²) in [7, 11) is 0. The summed E-state index contributed by atoms with van der Waals surface area (Å²) < 4.78 is 0. The molecule has 10 heavy (non-hydrogen) atoms. The summed E-state index contributed by atoms with van der Waals surface area (Å²) in [4.78, 5) is 8.64. The van der Waals surface area contributed by atoms with Crippen LogP contribution in [-0.4, -0.2) is 13.2 Å². The van der Waals surface area contributed by atoms with Gasteiger partial charge in [0, 0.05) is 5.92 Å². The topological polar surface area (TPSA) is 70.5 Å². The lowest BCUT2D eigenvalue weighted by atomic mass is 10.2. The monoisotopic (exact) mass is 280 g/mol. The Hall–Kier alpha value is 0.800. The van der Waals surface area contributed by atoms with E-state index in [2.05, 4.69) is 9.68 Å². The van der Waals surface area contributed by atoms with Crippen molar-refractivity contribution in [1.82, 2.24) is 0 Å². The van der Waals surface area contributed by atoms with Crippen LogP contribution in [0, 0.1) is 5.92 Å². The van der Waals surface area contributed by atoms with Crippen LogP contribution in [0.1, 0.15) is 6.92 Å². The molecule has 0 unspecified atom stereocenters. The van der Waals surface area contributed by atoms with Crippen molar-refractivity contribution in [3.8, 4) is 0 Å². The van der Waals surface area contributed by atoms with Gasteiger partial charge in [-0.15, -0.1) is 34.0 Å². The van der Waals surface area contributed by atoms with Crippen molar-refractivity contribution >= 4 is 34.0 Å². The molecule has 4 nitrogen and oxygen atoms in total. The van der Waals surface area contributed by atoms with Gasteiger partial charge in [-0.05, 0) is 0 Å². The maximum absolute atomic E-state index is 4.76. The summed E-state index contributed by atoms with van der Waals surface area (Å²) in [5, 5.41) is 0. The lowest BCUT2D eigenvalue weighted by Gasteiger charge is -2.05. The van der Waals surface area contributed by atoms with Gasteiger partial charge >= 0.3 is 0 Å². The Balaban J connectivity index is -0.000000245. The number of hydrogen-bond donors (Lipinski definition) is 2. The first kappa shape index (κ1) is 17.0. The van der Waals surface area contributed by atoms with Crippen LogP contribution in [0.2, 0.25) is 0 Å². The van der Waals surface area contributed by atoms with Crippen LogP contribution < -0.4 is 11.8 Å². The molecule has 0 bridgehead atoms. The first-order valence-electron chi connectivity index (χ1n) is 2.44. The zero-order valence-electron chi connectivity index (χ0n) is 5.78. The molecule has 0 aromatic carbocycles. The number of halogens is 2. The smallest absolute Gasteiger partial charge is 0.0727 e. The fourth-order valence-electron chi connectivity index (χ4n) is 0.377. The Morgan fingerprint density at radius 2 is 1.40 bits per heavy atom. The molecule has 0 saturated heterocycles. The Morgan fingerprint density at radius 3 is 1.60 bits per heavy atom. The molecule has 0 atom stereocenters. The maximum Gasteiger partial charge on any atom is 0.0727 e. The van der Waals surface area contributed by atoms with E-state index in [1.807, 2.05) is 6.92 Å². The highest BCUT2D eigenvalue weighted by atomic mass is 79.9. The Labute approximate surface area is 81.7 Å². The highest BCUT2D eigenvalue weighted by Gasteiger charge is 1.98. The number of rotatable bonds is 4. The molecule has 0 saturated carbocycles. The predicted molar refractivity (Wildman–Crippen MR) is 50.1 cm³/mol. The average Bonchev–Trinajstić information content (AvgIpc) is 1.68. The van der Waals surface area contributed by atoms with Gasteiger partial charge in [-0.1, -0.05) is 6.92 Å². The van der Waals surface area contributed by atoms with Crippen molar-refractivity contribution in [3.63, 3.8) is 0 Å². The van der Waals surface area contributed by atoms with Gasteiger partial charge < -0.3 is 9.68 Å². The molecular weight excluding hydrogens is 268 g/mol. The van der Waals surface area contributed by atoms with E-state index < -0.39 is 0 Å². The van der Waals surface area contributed by atoms with Gasteiger partial charge in [-0.25, -0.2) is 11.8 Å². The molecule has 0 aromatic rings. The fraction of sp³-hybridized carbons (Fsp3) is 1.00. The van der Waals surface area contributed by atoms with Gasteiger partial charge in [-0.3, -0.25) is 0 Å². The summed E-state index contributed by atoms with van der Waals surface area (Å²) in [6, 6.07) is 0. The third-order valence-electron chi connectivity index (χ3n) is 0.761. The second kappa shape index (κ2) is 12.5. The van der Waals surface area contributed by atoms with Crippen molar-refractivity contribution in [2.24, 2.45) is 17.7 Å². The van der Waals surface area contributed by atoms with Crippen molar-refractivity contribution in [2.45, 2.75) is 6.92 Å². The van der Waals surface area contributed by atoms with E-state index in [0.717, 1.165) is 0 Å². The van der Waals surface area contributed by atoms with E-state index in [9.17, 15) is 0 Å². The minimum Gasteiger partial charge on any atom is -0.304 e. The predicted octanol–water partition coefficient (Wildman–Crippen LogP) is 0.559. The van der Waals surface area contributed by atoms with Gasteiger partial charge in [0.1, 0.15) is 0 Å². The molecule has 66 valence electrons. The maximum atomic E-state index is 4.76. The number of nitrogens with two attached hydrogens (primary N) is 2. The molecule has 0 radical (unpaired) electrons. The molecule has 0 aliphatic heterocycles. The molecule has 4 N–H and O–H groups in total. The normalized spacial score (nSPS) is 8.40. The largest absolute Gasteiger partial charge is 0.304 e. The molecule has 0 fully saturated rings. The molecule has 0 heterocycles. The quantitative estimate of drug-likeness (QED) is 0.739. The molecular formula is C4H14Br2N2O2. The third-order valence-corrected chi connectivity index (χ3v) is 0.761. The van der Waals surface area contributed by atoms with E-state index in [0.29, 0.717) is 13.2 Å². The van der Waals surface area contributed by atoms with Gasteiger partial charge in [-0.2, -0.15) is 0 Å². The summed E-state index contributed by atoms with van der Waals surface area (Å²) in [5.74, 6) is 9.80. The van der Waals surface area contributed by atoms with Gasteiger partial charge in [0.2, 0.25) is 0 Å². The highest BCUT2D eigenvalue weighted by Crippen LogP contribution is 1.91. The molecule has 0 aliphatic carbocycles.